The molecule has 0 radical (unpaired) electrons. The van der Waals surface area contributed by atoms with Crippen LogP contribution in [0.2, 0.25) is 0 Å². The van der Waals surface area contributed by atoms with Gasteiger partial charge in [0.1, 0.15) is 6.61 Å². The average molecular weight is 450 g/mol. The lowest BCUT2D eigenvalue weighted by Gasteiger charge is -2.24. The highest BCUT2D eigenvalue weighted by atomic mass is 16.7. The van der Waals surface area contributed by atoms with Crippen LogP contribution in [0, 0.1) is 5.41 Å². The molecule has 3 aliphatic rings. The van der Waals surface area contributed by atoms with Crippen molar-refractivity contribution in [2.24, 2.45) is 5.41 Å². The summed E-state index contributed by atoms with van der Waals surface area (Å²) in [5, 5.41) is 21.2. The summed E-state index contributed by atoms with van der Waals surface area (Å²) < 4.78 is 17.7. The first kappa shape index (κ1) is 20.2. The van der Waals surface area contributed by atoms with Gasteiger partial charge >= 0.3 is 5.97 Å². The van der Waals surface area contributed by atoms with E-state index in [1.807, 2.05) is 26.0 Å². The first-order valence-electron chi connectivity index (χ1n) is 10.7. The zero-order valence-corrected chi connectivity index (χ0v) is 18.2. The smallest absolute Gasteiger partial charge is 0.340 e. The van der Waals surface area contributed by atoms with Gasteiger partial charge in [-0.05, 0) is 29.5 Å². The Balaban J connectivity index is 1.63. The minimum absolute atomic E-state index is 0.0109. The first-order chi connectivity index (χ1) is 15.8. The molecule has 2 aromatic heterocycles. The second-order valence-electron chi connectivity index (χ2n) is 9.50. The lowest BCUT2D eigenvalue weighted by Crippen LogP contribution is -2.32. The Bertz CT molecular complexity index is 1420. The third-order valence-corrected chi connectivity index (χ3v) is 6.65. The quantitative estimate of drug-likeness (QED) is 0.454. The molecule has 0 aliphatic carbocycles. The monoisotopic (exact) mass is 450 g/mol. The third-order valence-electron chi connectivity index (χ3n) is 6.65. The molecule has 9 nitrogen and oxygen atoms in total. The summed E-state index contributed by atoms with van der Waals surface area (Å²) >= 11 is 0. The van der Waals surface area contributed by atoms with E-state index in [1.165, 1.54) is 0 Å². The summed E-state index contributed by atoms with van der Waals surface area (Å²) in [5.41, 5.74) is 3.53. The number of aromatic nitrogens is 2. The summed E-state index contributed by atoms with van der Waals surface area (Å²) in [7, 11) is 0. The van der Waals surface area contributed by atoms with E-state index < -0.39 is 17.5 Å². The predicted molar refractivity (Wildman–Crippen MR) is 116 cm³/mol. The molecule has 3 aliphatic heterocycles. The maximum atomic E-state index is 13.3. The number of aliphatic hydroxyl groups is 2. The average Bonchev–Trinajstić information content (AvgIpc) is 3.40. The maximum Gasteiger partial charge on any atom is 0.340 e. The molecule has 1 aromatic carbocycles. The zero-order chi connectivity index (χ0) is 23.1. The SMILES string of the molecule is CC(C)(CO)Cc1c2c(nc3cc4c(cc13)OCO4)-c1cc3c(c(=O)n1C2)COC(=O)C3O. The van der Waals surface area contributed by atoms with E-state index in [4.69, 9.17) is 19.2 Å². The number of benzene rings is 1. The Hall–Kier alpha value is -3.43. The fourth-order valence-electron chi connectivity index (χ4n) is 4.84. The fraction of sp³-hybridized carbons (Fsp3) is 0.375. The van der Waals surface area contributed by atoms with Crippen LogP contribution in [0.3, 0.4) is 0 Å². The Morgan fingerprint density at radius 2 is 1.88 bits per heavy atom. The van der Waals surface area contributed by atoms with Gasteiger partial charge in [-0.25, -0.2) is 9.78 Å². The molecule has 0 fully saturated rings. The molecule has 3 aromatic rings. The number of esters is 1. The molecule has 0 saturated carbocycles. The molecule has 1 unspecified atom stereocenters. The van der Waals surface area contributed by atoms with E-state index in [0.29, 0.717) is 41.4 Å². The van der Waals surface area contributed by atoms with E-state index in [0.717, 1.165) is 16.5 Å². The molecule has 1 atom stereocenters. The molecular weight excluding hydrogens is 428 g/mol. The van der Waals surface area contributed by atoms with Crippen LogP contribution in [-0.2, 0) is 29.1 Å². The van der Waals surface area contributed by atoms with Crippen molar-refractivity contribution >= 4 is 16.9 Å². The van der Waals surface area contributed by atoms with E-state index in [-0.39, 0.29) is 36.7 Å². The number of hydrogen-bond acceptors (Lipinski definition) is 8. The van der Waals surface area contributed by atoms with Crippen molar-refractivity contribution < 1.29 is 29.2 Å². The molecule has 0 saturated heterocycles. The van der Waals surface area contributed by atoms with Crippen LogP contribution in [0.4, 0.5) is 0 Å². The second kappa shape index (κ2) is 6.79. The normalized spacial score (nSPS) is 18.2. The lowest BCUT2D eigenvalue weighted by atomic mass is 9.83. The van der Waals surface area contributed by atoms with E-state index in [2.05, 4.69) is 0 Å². The van der Waals surface area contributed by atoms with Gasteiger partial charge in [-0.2, -0.15) is 0 Å². The second-order valence-corrected chi connectivity index (χ2v) is 9.50. The molecule has 2 N–H and O–H groups in total. The minimum Gasteiger partial charge on any atom is -0.458 e. The van der Waals surface area contributed by atoms with Crippen molar-refractivity contribution in [3.63, 3.8) is 0 Å². The van der Waals surface area contributed by atoms with Crippen LogP contribution in [0.15, 0.2) is 23.0 Å². The number of nitrogens with zero attached hydrogens (tertiary/aromatic N) is 2. The number of hydrogen-bond donors (Lipinski definition) is 2. The molecular formula is C24H22N2O7. The van der Waals surface area contributed by atoms with Crippen LogP contribution in [0.5, 0.6) is 11.5 Å². The van der Waals surface area contributed by atoms with E-state index in [9.17, 15) is 19.8 Å². The van der Waals surface area contributed by atoms with Gasteiger partial charge in [0.05, 0.1) is 29.0 Å². The highest BCUT2D eigenvalue weighted by Crippen LogP contribution is 2.43. The van der Waals surface area contributed by atoms with Gasteiger partial charge < -0.3 is 29.0 Å². The molecule has 0 bridgehead atoms. The number of cyclic esters (lactones) is 1. The van der Waals surface area contributed by atoms with Crippen molar-refractivity contribution in [1.82, 2.24) is 9.55 Å². The number of ether oxygens (including phenoxy) is 3. The van der Waals surface area contributed by atoms with Crippen molar-refractivity contribution in [3.8, 4) is 22.9 Å². The predicted octanol–water partition coefficient (Wildman–Crippen LogP) is 1.81. The van der Waals surface area contributed by atoms with E-state index in [1.54, 1.807) is 10.6 Å². The summed E-state index contributed by atoms with van der Waals surface area (Å²) in [6.45, 7) is 4.22. The van der Waals surface area contributed by atoms with Gasteiger partial charge in [0, 0.05) is 29.2 Å². The maximum absolute atomic E-state index is 13.3. The largest absolute Gasteiger partial charge is 0.458 e. The Kier molecular flexibility index (Phi) is 4.15. The molecule has 33 heavy (non-hydrogen) atoms. The molecule has 5 heterocycles. The number of fused-ring (bicyclic) bond motifs is 6. The van der Waals surface area contributed by atoms with Crippen LogP contribution in [0.1, 0.15) is 42.2 Å². The highest BCUT2D eigenvalue weighted by molar-refractivity contribution is 5.91. The van der Waals surface area contributed by atoms with Crippen molar-refractivity contribution in [1.29, 1.82) is 0 Å². The van der Waals surface area contributed by atoms with Gasteiger partial charge in [-0.3, -0.25) is 4.79 Å². The fourth-order valence-corrected chi connectivity index (χ4v) is 4.84. The number of aliphatic hydroxyl groups excluding tert-OH is 2. The Morgan fingerprint density at radius 1 is 1.12 bits per heavy atom. The van der Waals surface area contributed by atoms with Crippen LogP contribution in [0.25, 0.3) is 22.3 Å². The van der Waals surface area contributed by atoms with Gasteiger partial charge in [0.15, 0.2) is 17.6 Å². The first-order valence-corrected chi connectivity index (χ1v) is 10.7. The number of carbonyl (C=O) groups excluding carboxylic acids is 1. The molecule has 170 valence electrons. The molecule has 0 amide bonds. The van der Waals surface area contributed by atoms with Crippen LogP contribution in [-0.4, -0.2) is 39.1 Å². The van der Waals surface area contributed by atoms with Gasteiger partial charge in [0.25, 0.3) is 5.56 Å². The van der Waals surface area contributed by atoms with Crippen molar-refractivity contribution in [2.75, 3.05) is 13.4 Å². The summed E-state index contributed by atoms with van der Waals surface area (Å²) in [4.78, 5) is 30.1. The lowest BCUT2D eigenvalue weighted by molar-refractivity contribution is -0.157. The number of pyridine rings is 2. The zero-order valence-electron chi connectivity index (χ0n) is 18.2. The van der Waals surface area contributed by atoms with E-state index >= 15 is 0 Å². The van der Waals surface area contributed by atoms with Gasteiger partial charge in [0.2, 0.25) is 6.79 Å². The summed E-state index contributed by atoms with van der Waals surface area (Å²) in [6.07, 6.45) is -0.949. The Labute approximate surface area is 188 Å². The standard InChI is InChI=1S/C24H22N2O7/c1-24(2,9-27)6-13-11-4-18-19(33-10-32-18)5-16(11)25-20-14(13)7-26-17(20)3-12-15(22(26)29)8-31-23(30)21(12)28/h3-5,21,27-28H,6-10H2,1-2H3. The third kappa shape index (κ3) is 2.89. The van der Waals surface area contributed by atoms with Crippen LogP contribution < -0.4 is 15.0 Å². The van der Waals surface area contributed by atoms with Crippen molar-refractivity contribution in [2.45, 2.75) is 39.5 Å². The molecule has 6 rings (SSSR count). The molecule has 0 spiro atoms. The van der Waals surface area contributed by atoms with Crippen LogP contribution >= 0.6 is 0 Å². The molecule has 9 heteroatoms. The minimum atomic E-state index is -1.50. The van der Waals surface area contributed by atoms with Crippen molar-refractivity contribution in [3.05, 3.63) is 50.8 Å². The Morgan fingerprint density at radius 3 is 2.64 bits per heavy atom. The summed E-state index contributed by atoms with van der Waals surface area (Å²) in [6, 6.07) is 5.39. The topological polar surface area (TPSA) is 120 Å². The summed E-state index contributed by atoms with van der Waals surface area (Å²) in [5.74, 6) is 0.463. The number of rotatable bonds is 3. The van der Waals surface area contributed by atoms with Gasteiger partial charge in [-0.15, -0.1) is 0 Å². The highest BCUT2D eigenvalue weighted by Gasteiger charge is 2.35. The number of carbonyl (C=O) groups is 1. The van der Waals surface area contributed by atoms with Gasteiger partial charge in [-0.1, -0.05) is 13.8 Å².